The van der Waals surface area contributed by atoms with Gasteiger partial charge in [-0.2, -0.15) is 0 Å². The SMILES string of the molecule is CC#C[C@H](O)[C@@H](C)S(=O)(=O)Cc1nnc(-c2cncc(C)c2)n1-c1c(OC)cccc1OC. The summed E-state index contributed by atoms with van der Waals surface area (Å²) < 4.78 is 38.9. The molecule has 3 rings (SSSR count). The Labute approximate surface area is 193 Å². The summed E-state index contributed by atoms with van der Waals surface area (Å²) in [5, 5.41) is 17.5. The molecule has 2 aromatic heterocycles. The van der Waals surface area contributed by atoms with Crippen molar-refractivity contribution in [3.05, 3.63) is 48.0 Å². The van der Waals surface area contributed by atoms with Crippen molar-refractivity contribution in [1.82, 2.24) is 19.7 Å². The Bertz CT molecular complexity index is 1290. The van der Waals surface area contributed by atoms with Gasteiger partial charge >= 0.3 is 0 Å². The Kier molecular flexibility index (Phi) is 7.36. The van der Waals surface area contributed by atoms with E-state index in [0.29, 0.717) is 28.6 Å². The number of hydrogen-bond donors (Lipinski definition) is 1. The molecule has 0 amide bonds. The number of hydrogen-bond acceptors (Lipinski definition) is 8. The van der Waals surface area contributed by atoms with Gasteiger partial charge in [0, 0.05) is 18.0 Å². The van der Waals surface area contributed by atoms with Crippen molar-refractivity contribution in [3.8, 4) is 40.4 Å². The number of aliphatic hydroxyl groups is 1. The predicted molar refractivity (Wildman–Crippen MR) is 124 cm³/mol. The quantitative estimate of drug-likeness (QED) is 0.499. The molecule has 0 fully saturated rings. The molecule has 1 N–H and O–H groups in total. The van der Waals surface area contributed by atoms with Gasteiger partial charge in [0.25, 0.3) is 0 Å². The van der Waals surface area contributed by atoms with Gasteiger partial charge in [-0.25, -0.2) is 8.42 Å². The summed E-state index contributed by atoms with van der Waals surface area (Å²) in [6.07, 6.45) is 2.01. The van der Waals surface area contributed by atoms with Gasteiger partial charge < -0.3 is 14.6 Å². The van der Waals surface area contributed by atoms with Crippen LogP contribution in [0.25, 0.3) is 17.1 Å². The highest BCUT2D eigenvalue weighted by Gasteiger charge is 2.31. The number of rotatable bonds is 8. The number of aromatic nitrogens is 4. The van der Waals surface area contributed by atoms with Gasteiger partial charge in [0.2, 0.25) is 0 Å². The van der Waals surface area contributed by atoms with Gasteiger partial charge in [-0.1, -0.05) is 12.0 Å². The summed E-state index contributed by atoms with van der Waals surface area (Å²) in [6.45, 7) is 4.85. The van der Waals surface area contributed by atoms with Gasteiger partial charge in [-0.3, -0.25) is 9.55 Å². The molecule has 9 nitrogen and oxygen atoms in total. The Hall–Kier alpha value is -3.42. The third kappa shape index (κ3) is 4.99. The zero-order chi connectivity index (χ0) is 24.2. The van der Waals surface area contributed by atoms with E-state index in [0.717, 1.165) is 5.56 Å². The minimum Gasteiger partial charge on any atom is -0.494 e. The molecule has 0 spiro atoms. The molecule has 0 aliphatic heterocycles. The smallest absolute Gasteiger partial charge is 0.170 e. The Morgan fingerprint density at radius 2 is 1.82 bits per heavy atom. The number of ether oxygens (including phenoxy) is 2. The molecule has 0 aliphatic rings. The molecule has 10 heteroatoms. The van der Waals surface area contributed by atoms with Gasteiger partial charge in [0.1, 0.15) is 29.0 Å². The first-order valence-corrected chi connectivity index (χ1v) is 11.8. The summed E-state index contributed by atoms with van der Waals surface area (Å²) >= 11 is 0. The molecule has 0 saturated heterocycles. The van der Waals surface area contributed by atoms with Crippen LogP contribution >= 0.6 is 0 Å². The maximum atomic E-state index is 13.1. The normalized spacial score (nSPS) is 13.0. The van der Waals surface area contributed by atoms with Crippen LogP contribution in [-0.2, 0) is 15.6 Å². The number of pyridine rings is 1. The van der Waals surface area contributed by atoms with E-state index in [2.05, 4.69) is 27.0 Å². The van der Waals surface area contributed by atoms with E-state index in [1.165, 1.54) is 28.1 Å². The summed E-state index contributed by atoms with van der Waals surface area (Å²) in [6, 6.07) is 7.10. The fraction of sp³-hybridized carbons (Fsp3) is 0.348. The maximum absolute atomic E-state index is 13.1. The van der Waals surface area contributed by atoms with E-state index in [1.54, 1.807) is 35.2 Å². The molecular formula is C23H26N4O5S. The second-order valence-electron chi connectivity index (χ2n) is 7.39. The fourth-order valence-corrected chi connectivity index (χ4v) is 4.60. The molecular weight excluding hydrogens is 444 g/mol. The van der Waals surface area contributed by atoms with Crippen molar-refractivity contribution < 1.29 is 23.0 Å². The van der Waals surface area contributed by atoms with Gasteiger partial charge in [-0.15, -0.1) is 16.1 Å². The van der Waals surface area contributed by atoms with Crippen molar-refractivity contribution >= 4 is 9.84 Å². The van der Waals surface area contributed by atoms with E-state index < -0.39 is 26.9 Å². The Balaban J connectivity index is 2.25. The van der Waals surface area contributed by atoms with Crippen molar-refractivity contribution in [3.63, 3.8) is 0 Å². The third-order valence-corrected chi connectivity index (χ3v) is 7.17. The molecule has 174 valence electrons. The van der Waals surface area contributed by atoms with Gasteiger partial charge in [0.15, 0.2) is 21.5 Å². The Morgan fingerprint density at radius 1 is 1.15 bits per heavy atom. The molecule has 33 heavy (non-hydrogen) atoms. The molecule has 1 aromatic carbocycles. The molecule has 2 heterocycles. The maximum Gasteiger partial charge on any atom is 0.170 e. The largest absolute Gasteiger partial charge is 0.494 e. The van der Waals surface area contributed by atoms with Crippen LogP contribution in [0.1, 0.15) is 25.2 Å². The van der Waals surface area contributed by atoms with Crippen LogP contribution in [0.2, 0.25) is 0 Å². The zero-order valence-electron chi connectivity index (χ0n) is 19.1. The van der Waals surface area contributed by atoms with Crippen LogP contribution in [0, 0.1) is 18.8 Å². The van der Waals surface area contributed by atoms with Crippen LogP contribution in [0.4, 0.5) is 0 Å². The first-order valence-electron chi connectivity index (χ1n) is 10.1. The minimum absolute atomic E-state index is 0.137. The lowest BCUT2D eigenvalue weighted by molar-refractivity contribution is 0.230. The van der Waals surface area contributed by atoms with Crippen LogP contribution in [0.3, 0.4) is 0 Å². The molecule has 0 aliphatic carbocycles. The fourth-order valence-electron chi connectivity index (χ4n) is 3.33. The topological polar surface area (TPSA) is 116 Å². The lowest BCUT2D eigenvalue weighted by Crippen LogP contribution is -2.32. The van der Waals surface area contributed by atoms with E-state index in [9.17, 15) is 13.5 Å². The van der Waals surface area contributed by atoms with Crippen LogP contribution < -0.4 is 9.47 Å². The molecule has 2 atom stereocenters. The highest BCUT2D eigenvalue weighted by atomic mass is 32.2. The molecule has 0 radical (unpaired) electrons. The van der Waals surface area contributed by atoms with Crippen molar-refractivity contribution in [2.45, 2.75) is 37.9 Å². The highest BCUT2D eigenvalue weighted by Crippen LogP contribution is 2.36. The summed E-state index contributed by atoms with van der Waals surface area (Å²) in [4.78, 5) is 4.23. The number of benzene rings is 1. The van der Waals surface area contributed by atoms with Crippen LogP contribution in [0.15, 0.2) is 36.7 Å². The van der Waals surface area contributed by atoms with Crippen LogP contribution in [0.5, 0.6) is 11.5 Å². The second-order valence-corrected chi connectivity index (χ2v) is 9.75. The first kappa shape index (κ1) is 24.2. The molecule has 0 saturated carbocycles. The Morgan fingerprint density at radius 3 is 2.39 bits per heavy atom. The number of methoxy groups -OCH3 is 2. The molecule has 3 aromatic rings. The second kappa shape index (κ2) is 10.0. The van der Waals surface area contributed by atoms with Gasteiger partial charge in [-0.05, 0) is 44.5 Å². The van der Waals surface area contributed by atoms with E-state index in [1.807, 2.05) is 13.0 Å². The zero-order valence-corrected chi connectivity index (χ0v) is 19.9. The summed E-state index contributed by atoms with van der Waals surface area (Å²) in [5.41, 5.74) is 2.00. The van der Waals surface area contributed by atoms with E-state index in [-0.39, 0.29) is 5.82 Å². The van der Waals surface area contributed by atoms with E-state index >= 15 is 0 Å². The van der Waals surface area contributed by atoms with E-state index in [4.69, 9.17) is 9.47 Å². The summed E-state index contributed by atoms with van der Waals surface area (Å²) in [5.74, 6) is 5.96. The number of aryl methyl sites for hydroxylation is 1. The van der Waals surface area contributed by atoms with Crippen molar-refractivity contribution in [2.75, 3.05) is 14.2 Å². The van der Waals surface area contributed by atoms with Crippen LogP contribution in [-0.4, -0.2) is 58.8 Å². The summed E-state index contributed by atoms with van der Waals surface area (Å²) in [7, 11) is -0.837. The third-order valence-electron chi connectivity index (χ3n) is 5.12. The lowest BCUT2D eigenvalue weighted by atomic mass is 10.2. The molecule has 0 unspecified atom stereocenters. The monoisotopic (exact) mass is 470 g/mol. The minimum atomic E-state index is -3.85. The average Bonchev–Trinajstić information content (AvgIpc) is 3.20. The van der Waals surface area contributed by atoms with Gasteiger partial charge in [0.05, 0.1) is 19.5 Å². The number of nitrogens with zero attached hydrogens (tertiary/aromatic N) is 4. The average molecular weight is 471 g/mol. The number of sulfone groups is 1. The molecule has 0 bridgehead atoms. The predicted octanol–water partition coefficient (Wildman–Crippen LogP) is 2.34. The highest BCUT2D eigenvalue weighted by molar-refractivity contribution is 7.91. The lowest BCUT2D eigenvalue weighted by Gasteiger charge is -2.19. The van der Waals surface area contributed by atoms with Crippen molar-refractivity contribution in [1.29, 1.82) is 0 Å². The standard InChI is InChI=1S/C23H26N4O5S/c1-6-8-18(28)16(3)33(29,30)14-21-25-26-23(17-11-15(2)12-24-13-17)27(21)22-19(31-4)9-7-10-20(22)32-5/h7,9-13,16,18,28H,14H2,1-5H3/t16-,18+/m1/s1. The van der Waals surface area contributed by atoms with Crippen molar-refractivity contribution in [2.24, 2.45) is 0 Å². The first-order chi connectivity index (χ1) is 15.7. The number of para-hydroxylation sites is 1. The number of aliphatic hydroxyl groups excluding tert-OH is 1.